The third-order valence-corrected chi connectivity index (χ3v) is 5.49. The Hall–Kier alpha value is -3.27. The van der Waals surface area contributed by atoms with Crippen molar-refractivity contribution >= 4 is 22.6 Å². The van der Waals surface area contributed by atoms with Gasteiger partial charge in [-0.3, -0.25) is 18.7 Å². The minimum Gasteiger partial charge on any atom is -0.332 e. The summed E-state index contributed by atoms with van der Waals surface area (Å²) in [5.74, 6) is 1.13. The van der Waals surface area contributed by atoms with Gasteiger partial charge in [0, 0.05) is 32.0 Å². The lowest BCUT2D eigenvalue weighted by atomic mass is 10.2. The summed E-state index contributed by atoms with van der Waals surface area (Å²) in [7, 11) is 0. The molecule has 11 heteroatoms. The van der Waals surface area contributed by atoms with Gasteiger partial charge >= 0.3 is 5.69 Å². The van der Waals surface area contributed by atoms with Crippen LogP contribution in [-0.4, -0.2) is 29.4 Å². The Morgan fingerprint density at radius 2 is 1.94 bits per heavy atom. The van der Waals surface area contributed by atoms with Gasteiger partial charge in [0.05, 0.1) is 5.56 Å². The van der Waals surface area contributed by atoms with Crippen molar-refractivity contribution in [2.24, 2.45) is 4.99 Å². The van der Waals surface area contributed by atoms with Crippen LogP contribution < -0.4 is 16.8 Å². The molecule has 0 aliphatic carbocycles. The van der Waals surface area contributed by atoms with E-state index in [1.54, 1.807) is 16.7 Å². The highest BCUT2D eigenvalue weighted by atomic mass is 35.5. The lowest BCUT2D eigenvalue weighted by Crippen LogP contribution is -2.41. The first kappa shape index (κ1) is 21.9. The van der Waals surface area contributed by atoms with E-state index >= 15 is 0 Å². The molecule has 0 amide bonds. The molecule has 1 aliphatic heterocycles. The number of aromatic amines is 1. The number of halogens is 1. The molecule has 0 atom stereocenters. The van der Waals surface area contributed by atoms with Crippen molar-refractivity contribution in [2.45, 2.75) is 58.5 Å². The molecule has 4 rings (SSSR count). The van der Waals surface area contributed by atoms with Crippen LogP contribution in [0.1, 0.15) is 44.0 Å². The van der Waals surface area contributed by atoms with Crippen molar-refractivity contribution in [3.63, 3.8) is 0 Å². The normalized spacial score (nSPS) is 12.8. The number of nitrogens with one attached hydrogen (secondary N) is 1. The summed E-state index contributed by atoms with van der Waals surface area (Å²) < 4.78 is 8.04. The average Bonchev–Trinajstić information content (AvgIpc) is 3.40. The van der Waals surface area contributed by atoms with Gasteiger partial charge < -0.3 is 9.51 Å². The summed E-state index contributed by atoms with van der Waals surface area (Å²) in [6.07, 6.45) is 3.74. The third-order valence-electron chi connectivity index (χ3n) is 5.27. The number of aliphatic imine (C=N–C) groups is 1. The fraction of sp³-hybridized carbons (Fsp3) is 0.429. The zero-order valence-electron chi connectivity index (χ0n) is 17.6. The second-order valence-corrected chi connectivity index (χ2v) is 8.05. The smallest absolute Gasteiger partial charge is 0.332 e. The molecule has 10 nitrogen and oxygen atoms in total. The Labute approximate surface area is 187 Å². The molecule has 0 aromatic carbocycles. The first-order valence-electron chi connectivity index (χ1n) is 10.6. The highest BCUT2D eigenvalue weighted by Gasteiger charge is 2.24. The van der Waals surface area contributed by atoms with E-state index in [4.69, 9.17) is 16.1 Å². The van der Waals surface area contributed by atoms with Crippen LogP contribution in [0.4, 0.5) is 5.82 Å². The summed E-state index contributed by atoms with van der Waals surface area (Å²) in [4.78, 5) is 48.4. The first-order valence-corrected chi connectivity index (χ1v) is 11.0. The fourth-order valence-electron chi connectivity index (χ4n) is 3.63. The number of fused-ring (bicyclic) bond motifs is 1. The molecule has 3 aromatic rings. The maximum absolute atomic E-state index is 13.0. The van der Waals surface area contributed by atoms with Crippen molar-refractivity contribution in [1.29, 1.82) is 0 Å². The standard InChI is InChI=1S/C21H23ClN6O4/c1-2-3-10-27-18-13(12-15(22)24-18)20(30)28(21(27)31)11-5-4-8-16-25-19(32-26-16)14-7-6-9-17(29)23-14/h6-7,9H,2-5,8,10-12H2,1H3,(H,23,29). The molecule has 168 valence electrons. The van der Waals surface area contributed by atoms with Gasteiger partial charge in [-0.1, -0.05) is 36.2 Å². The molecule has 3 aromatic heterocycles. The molecule has 0 bridgehead atoms. The summed E-state index contributed by atoms with van der Waals surface area (Å²) in [5, 5.41) is 4.26. The number of aromatic nitrogens is 5. The van der Waals surface area contributed by atoms with Crippen molar-refractivity contribution in [3.05, 3.63) is 60.8 Å². The van der Waals surface area contributed by atoms with E-state index < -0.39 is 0 Å². The van der Waals surface area contributed by atoms with Crippen molar-refractivity contribution < 1.29 is 4.52 Å². The molecule has 0 spiro atoms. The van der Waals surface area contributed by atoms with Gasteiger partial charge in [0.15, 0.2) is 5.82 Å². The zero-order valence-corrected chi connectivity index (χ0v) is 18.4. The van der Waals surface area contributed by atoms with Gasteiger partial charge in [-0.25, -0.2) is 9.79 Å². The van der Waals surface area contributed by atoms with E-state index in [1.165, 1.54) is 10.6 Å². The minimum absolute atomic E-state index is 0.239. The largest absolute Gasteiger partial charge is 0.332 e. The minimum atomic E-state index is -0.354. The van der Waals surface area contributed by atoms with Crippen LogP contribution in [0.3, 0.4) is 0 Å². The molecule has 32 heavy (non-hydrogen) atoms. The zero-order chi connectivity index (χ0) is 22.7. The summed E-state index contributed by atoms with van der Waals surface area (Å²) >= 11 is 6.05. The van der Waals surface area contributed by atoms with Crippen molar-refractivity contribution in [1.82, 2.24) is 24.3 Å². The predicted molar refractivity (Wildman–Crippen MR) is 120 cm³/mol. The Morgan fingerprint density at radius 3 is 2.72 bits per heavy atom. The summed E-state index contributed by atoms with van der Waals surface area (Å²) in [6, 6.07) is 4.69. The van der Waals surface area contributed by atoms with Crippen molar-refractivity contribution in [3.8, 4) is 11.6 Å². The number of nitrogens with zero attached hydrogens (tertiary/aromatic N) is 5. The van der Waals surface area contributed by atoms with E-state index in [1.807, 2.05) is 6.92 Å². The molecule has 4 heterocycles. The van der Waals surface area contributed by atoms with Crippen LogP contribution in [0.25, 0.3) is 11.6 Å². The molecule has 0 radical (unpaired) electrons. The summed E-state index contributed by atoms with van der Waals surface area (Å²) in [6.45, 7) is 2.82. The monoisotopic (exact) mass is 458 g/mol. The number of pyridine rings is 1. The molecule has 1 aliphatic rings. The third kappa shape index (κ3) is 4.50. The van der Waals surface area contributed by atoms with Gasteiger partial charge in [0.25, 0.3) is 11.4 Å². The van der Waals surface area contributed by atoms with Gasteiger partial charge in [0.2, 0.25) is 5.56 Å². The molecular weight excluding hydrogens is 436 g/mol. The van der Waals surface area contributed by atoms with Crippen LogP contribution >= 0.6 is 11.6 Å². The predicted octanol–water partition coefficient (Wildman–Crippen LogP) is 2.40. The molecular formula is C21H23ClN6O4. The van der Waals surface area contributed by atoms with E-state index in [0.717, 1.165) is 12.8 Å². The van der Waals surface area contributed by atoms with Crippen LogP contribution in [0.2, 0.25) is 0 Å². The Balaban J connectivity index is 1.44. The number of H-pyrrole nitrogens is 1. The Kier molecular flexibility index (Phi) is 6.50. The van der Waals surface area contributed by atoms with Gasteiger partial charge in [-0.2, -0.15) is 4.98 Å². The van der Waals surface area contributed by atoms with E-state index in [0.29, 0.717) is 53.9 Å². The van der Waals surface area contributed by atoms with E-state index in [2.05, 4.69) is 20.1 Å². The average molecular weight is 459 g/mol. The molecule has 0 saturated heterocycles. The second kappa shape index (κ2) is 9.47. The number of hydrogen-bond acceptors (Lipinski definition) is 7. The molecule has 0 unspecified atom stereocenters. The molecule has 0 fully saturated rings. The SMILES string of the molecule is CCCCn1c2c(c(=O)n(CCCCc3noc(-c4cccc(=O)[nH]4)n3)c1=O)CC(Cl)=N2. The number of unbranched alkanes of at least 4 members (excludes halogenated alkanes) is 2. The van der Waals surface area contributed by atoms with Crippen LogP contribution in [0.15, 0.2) is 42.1 Å². The van der Waals surface area contributed by atoms with Gasteiger partial charge in [0.1, 0.15) is 16.7 Å². The van der Waals surface area contributed by atoms with E-state index in [9.17, 15) is 14.4 Å². The Bertz CT molecular complexity index is 1330. The number of hydrogen-bond donors (Lipinski definition) is 1. The van der Waals surface area contributed by atoms with Crippen molar-refractivity contribution in [2.75, 3.05) is 0 Å². The number of aryl methyl sites for hydroxylation is 1. The topological polar surface area (TPSA) is 128 Å². The first-order chi connectivity index (χ1) is 15.5. The Morgan fingerprint density at radius 1 is 1.12 bits per heavy atom. The van der Waals surface area contributed by atoms with Crippen LogP contribution in [-0.2, 0) is 25.9 Å². The quantitative estimate of drug-likeness (QED) is 0.490. The van der Waals surface area contributed by atoms with E-state index in [-0.39, 0.29) is 35.7 Å². The van der Waals surface area contributed by atoms with Gasteiger partial charge in [-0.05, 0) is 25.3 Å². The van der Waals surface area contributed by atoms with Crippen LogP contribution in [0.5, 0.6) is 0 Å². The van der Waals surface area contributed by atoms with Crippen LogP contribution in [0, 0.1) is 0 Å². The fourth-order valence-corrected chi connectivity index (χ4v) is 3.85. The maximum Gasteiger partial charge on any atom is 0.332 e. The highest BCUT2D eigenvalue weighted by molar-refractivity contribution is 6.66. The molecule has 1 N–H and O–H groups in total. The second-order valence-electron chi connectivity index (χ2n) is 7.61. The summed E-state index contributed by atoms with van der Waals surface area (Å²) in [5.41, 5.74) is -0.00244. The maximum atomic E-state index is 13.0. The molecule has 0 saturated carbocycles. The number of rotatable bonds is 9. The highest BCUT2D eigenvalue weighted by Crippen LogP contribution is 2.24. The lowest BCUT2D eigenvalue weighted by Gasteiger charge is -2.13. The van der Waals surface area contributed by atoms with Gasteiger partial charge in [-0.15, -0.1) is 0 Å². The lowest BCUT2D eigenvalue weighted by molar-refractivity contribution is 0.419.